The molecule has 0 spiro atoms. The average Bonchev–Trinajstić information content (AvgIpc) is 2.93. The van der Waals surface area contributed by atoms with Crippen LogP contribution in [0.1, 0.15) is 45.7 Å². The van der Waals surface area contributed by atoms with Crippen LogP contribution in [0.25, 0.3) is 0 Å². The third kappa shape index (κ3) is 4.25. The van der Waals surface area contributed by atoms with Crippen molar-refractivity contribution in [3.8, 4) is 0 Å². The summed E-state index contributed by atoms with van der Waals surface area (Å²) in [5.74, 6) is -1.57. The first kappa shape index (κ1) is 19.3. The van der Waals surface area contributed by atoms with Crippen LogP contribution in [0.3, 0.4) is 0 Å². The number of rotatable bonds is 7. The highest BCUT2D eigenvalue weighted by atomic mass is 16.5. The van der Waals surface area contributed by atoms with Gasteiger partial charge in [-0.2, -0.15) is 0 Å². The molecule has 1 atom stereocenters. The molecule has 0 saturated heterocycles. The minimum Gasteiger partial charge on any atom is -0.464 e. The second-order valence-electron chi connectivity index (χ2n) is 6.40. The monoisotopic (exact) mass is 380 g/mol. The molecule has 1 unspecified atom stereocenters. The van der Waals surface area contributed by atoms with Gasteiger partial charge in [0.25, 0.3) is 11.8 Å². The third-order valence-corrected chi connectivity index (χ3v) is 4.41. The molecule has 1 heterocycles. The zero-order valence-electron chi connectivity index (χ0n) is 15.4. The number of ether oxygens (including phenoxy) is 1. The predicted octanol–water partition coefficient (Wildman–Crippen LogP) is 2.09. The van der Waals surface area contributed by atoms with Crippen molar-refractivity contribution in [3.05, 3.63) is 71.3 Å². The standard InChI is InChI=1S/C21H20N2O5/c1-14(24)22-18(15-7-3-2-4-8-15)13-19(25)28-12-11-23-20(26)16-9-5-6-10-17(16)21(23)27/h2-10,18H,11-13H2,1H3,(H,22,24). The zero-order chi connectivity index (χ0) is 20.1. The lowest BCUT2D eigenvalue weighted by Gasteiger charge is -2.18. The first-order valence-corrected chi connectivity index (χ1v) is 8.90. The maximum Gasteiger partial charge on any atom is 0.308 e. The Kier molecular flexibility index (Phi) is 5.84. The van der Waals surface area contributed by atoms with Crippen molar-refractivity contribution < 1.29 is 23.9 Å². The van der Waals surface area contributed by atoms with E-state index in [2.05, 4.69) is 5.32 Å². The highest BCUT2D eigenvalue weighted by Gasteiger charge is 2.34. The number of nitrogens with one attached hydrogen (secondary N) is 1. The molecular formula is C21H20N2O5. The Labute approximate surface area is 162 Å². The van der Waals surface area contributed by atoms with Crippen LogP contribution in [-0.4, -0.2) is 41.7 Å². The molecule has 28 heavy (non-hydrogen) atoms. The van der Waals surface area contributed by atoms with E-state index < -0.39 is 23.8 Å². The van der Waals surface area contributed by atoms with E-state index in [0.29, 0.717) is 11.1 Å². The molecule has 0 fully saturated rings. The summed E-state index contributed by atoms with van der Waals surface area (Å²) in [4.78, 5) is 49.3. The average molecular weight is 380 g/mol. The Morgan fingerprint density at radius 2 is 1.54 bits per heavy atom. The lowest BCUT2D eigenvalue weighted by molar-refractivity contribution is -0.144. The maximum atomic E-state index is 12.3. The fourth-order valence-electron chi connectivity index (χ4n) is 3.10. The number of imide groups is 1. The number of esters is 1. The van der Waals surface area contributed by atoms with Crippen LogP contribution in [0.5, 0.6) is 0 Å². The predicted molar refractivity (Wildman–Crippen MR) is 100 cm³/mol. The number of carbonyl (C=O) groups excluding carboxylic acids is 4. The van der Waals surface area contributed by atoms with Crippen LogP contribution in [-0.2, 0) is 14.3 Å². The van der Waals surface area contributed by atoms with Crippen molar-refractivity contribution in [2.24, 2.45) is 0 Å². The number of benzene rings is 2. The topological polar surface area (TPSA) is 92.8 Å². The molecule has 0 aliphatic carbocycles. The molecule has 0 saturated carbocycles. The van der Waals surface area contributed by atoms with Gasteiger partial charge in [0.1, 0.15) is 6.61 Å². The van der Waals surface area contributed by atoms with E-state index in [1.807, 2.05) is 30.3 Å². The van der Waals surface area contributed by atoms with Crippen molar-refractivity contribution in [1.82, 2.24) is 10.2 Å². The van der Waals surface area contributed by atoms with E-state index in [0.717, 1.165) is 10.5 Å². The molecule has 1 aliphatic heterocycles. The van der Waals surface area contributed by atoms with Gasteiger partial charge in [0.2, 0.25) is 5.91 Å². The van der Waals surface area contributed by atoms with Crippen molar-refractivity contribution in [2.45, 2.75) is 19.4 Å². The zero-order valence-corrected chi connectivity index (χ0v) is 15.4. The molecule has 0 radical (unpaired) electrons. The third-order valence-electron chi connectivity index (χ3n) is 4.41. The minimum atomic E-state index is -0.529. The molecule has 7 nitrogen and oxygen atoms in total. The number of carbonyl (C=O) groups is 4. The van der Waals surface area contributed by atoms with Gasteiger partial charge in [0.15, 0.2) is 0 Å². The molecule has 2 aromatic rings. The molecule has 0 bridgehead atoms. The molecule has 3 amide bonds. The van der Waals surface area contributed by atoms with Crippen LogP contribution in [0, 0.1) is 0 Å². The van der Waals surface area contributed by atoms with Crippen molar-refractivity contribution in [3.63, 3.8) is 0 Å². The Morgan fingerprint density at radius 1 is 0.964 bits per heavy atom. The summed E-state index contributed by atoms with van der Waals surface area (Å²) in [6.45, 7) is 1.25. The van der Waals surface area contributed by atoms with Crippen LogP contribution in [0.15, 0.2) is 54.6 Å². The molecule has 144 valence electrons. The smallest absolute Gasteiger partial charge is 0.308 e. The summed E-state index contributed by atoms with van der Waals surface area (Å²) in [5.41, 5.74) is 1.50. The summed E-state index contributed by atoms with van der Waals surface area (Å²) in [5, 5.41) is 2.73. The van der Waals surface area contributed by atoms with Gasteiger partial charge in [0.05, 0.1) is 30.1 Å². The SMILES string of the molecule is CC(=O)NC(CC(=O)OCCN1C(=O)c2ccccc2C1=O)c1ccccc1. The largest absolute Gasteiger partial charge is 0.464 e. The van der Waals surface area contributed by atoms with Gasteiger partial charge in [-0.3, -0.25) is 24.1 Å². The van der Waals surface area contributed by atoms with Gasteiger partial charge in [-0.15, -0.1) is 0 Å². The van der Waals surface area contributed by atoms with E-state index in [1.165, 1.54) is 6.92 Å². The van der Waals surface area contributed by atoms with Crippen molar-refractivity contribution in [2.75, 3.05) is 13.2 Å². The summed E-state index contributed by atoms with van der Waals surface area (Å²) >= 11 is 0. The second-order valence-corrected chi connectivity index (χ2v) is 6.40. The van der Waals surface area contributed by atoms with Crippen LogP contribution in [0.4, 0.5) is 0 Å². The van der Waals surface area contributed by atoms with Gasteiger partial charge in [0, 0.05) is 6.92 Å². The molecule has 1 N–H and O–H groups in total. The summed E-state index contributed by atoms with van der Waals surface area (Å²) < 4.78 is 5.20. The number of hydrogen-bond donors (Lipinski definition) is 1. The van der Waals surface area contributed by atoms with Gasteiger partial charge in [-0.1, -0.05) is 42.5 Å². The lowest BCUT2D eigenvalue weighted by Crippen LogP contribution is -2.34. The van der Waals surface area contributed by atoms with Crippen LogP contribution < -0.4 is 5.32 Å². The first-order chi connectivity index (χ1) is 13.5. The first-order valence-electron chi connectivity index (χ1n) is 8.90. The number of nitrogens with zero attached hydrogens (tertiary/aromatic N) is 1. The second kappa shape index (κ2) is 8.47. The molecule has 1 aliphatic rings. The fourth-order valence-corrected chi connectivity index (χ4v) is 3.10. The van der Waals surface area contributed by atoms with Gasteiger partial charge < -0.3 is 10.1 Å². The Morgan fingerprint density at radius 3 is 2.11 bits per heavy atom. The van der Waals surface area contributed by atoms with E-state index in [-0.39, 0.29) is 25.5 Å². The van der Waals surface area contributed by atoms with Crippen LogP contribution >= 0.6 is 0 Å². The fraction of sp³-hybridized carbons (Fsp3) is 0.238. The molecule has 7 heteroatoms. The van der Waals surface area contributed by atoms with Crippen molar-refractivity contribution in [1.29, 1.82) is 0 Å². The highest BCUT2D eigenvalue weighted by molar-refractivity contribution is 6.21. The van der Waals surface area contributed by atoms with E-state index in [4.69, 9.17) is 4.74 Å². The highest BCUT2D eigenvalue weighted by Crippen LogP contribution is 2.22. The Balaban J connectivity index is 1.55. The quantitative estimate of drug-likeness (QED) is 0.587. The molecule has 3 rings (SSSR count). The van der Waals surface area contributed by atoms with E-state index >= 15 is 0 Å². The Hall–Kier alpha value is -3.48. The van der Waals surface area contributed by atoms with Crippen molar-refractivity contribution >= 4 is 23.7 Å². The lowest BCUT2D eigenvalue weighted by atomic mass is 10.0. The summed E-state index contributed by atoms with van der Waals surface area (Å²) in [6, 6.07) is 15.2. The van der Waals surface area contributed by atoms with Crippen LogP contribution in [0.2, 0.25) is 0 Å². The minimum absolute atomic E-state index is 0.0196. The Bertz CT molecular complexity index is 875. The van der Waals surface area contributed by atoms with E-state index in [1.54, 1.807) is 24.3 Å². The van der Waals surface area contributed by atoms with Gasteiger partial charge in [-0.05, 0) is 17.7 Å². The molecular weight excluding hydrogens is 360 g/mol. The van der Waals surface area contributed by atoms with Gasteiger partial charge >= 0.3 is 5.97 Å². The number of fused-ring (bicyclic) bond motifs is 1. The number of hydrogen-bond acceptors (Lipinski definition) is 5. The molecule has 0 aromatic heterocycles. The molecule has 2 aromatic carbocycles. The van der Waals surface area contributed by atoms with E-state index in [9.17, 15) is 19.2 Å². The number of amides is 3. The summed E-state index contributed by atoms with van der Waals surface area (Å²) in [7, 11) is 0. The normalized spacial score (nSPS) is 13.8. The van der Waals surface area contributed by atoms with Gasteiger partial charge in [-0.25, -0.2) is 0 Å². The summed E-state index contributed by atoms with van der Waals surface area (Å²) in [6.07, 6.45) is -0.0499. The maximum absolute atomic E-state index is 12.3.